The Morgan fingerprint density at radius 1 is 1.16 bits per heavy atom. The van der Waals surface area contributed by atoms with Crippen molar-refractivity contribution in [2.24, 2.45) is 0 Å². The molecule has 0 fully saturated rings. The summed E-state index contributed by atoms with van der Waals surface area (Å²) in [7, 11) is 1.64. The third kappa shape index (κ3) is 3.33. The molecule has 1 N–H and O–H groups in total. The van der Waals surface area contributed by atoms with E-state index in [4.69, 9.17) is 4.74 Å². The molecule has 2 aromatic carbocycles. The number of para-hydroxylation sites is 1. The molecule has 1 unspecified atom stereocenters. The lowest BCUT2D eigenvalue weighted by atomic mass is 9.94. The summed E-state index contributed by atoms with van der Waals surface area (Å²) >= 11 is 0. The Morgan fingerprint density at radius 2 is 2.00 bits per heavy atom. The maximum absolute atomic E-state index is 13.1. The number of imidazole rings is 1. The zero-order chi connectivity index (χ0) is 22.3. The summed E-state index contributed by atoms with van der Waals surface area (Å²) in [6.45, 7) is 3.84. The number of aryl methyl sites for hydroxylation is 2. The molecule has 2 aromatic heterocycles. The van der Waals surface area contributed by atoms with Gasteiger partial charge in [0.1, 0.15) is 17.0 Å². The zero-order valence-electron chi connectivity index (χ0n) is 18.2. The number of benzene rings is 2. The highest BCUT2D eigenvalue weighted by Gasteiger charge is 2.38. The summed E-state index contributed by atoms with van der Waals surface area (Å²) in [5.74, 6) is 0.602. The molecule has 0 saturated carbocycles. The van der Waals surface area contributed by atoms with Gasteiger partial charge >= 0.3 is 0 Å². The second kappa shape index (κ2) is 7.64. The lowest BCUT2D eigenvalue weighted by Crippen LogP contribution is -2.42. The van der Waals surface area contributed by atoms with Crippen molar-refractivity contribution in [3.63, 3.8) is 0 Å². The lowest BCUT2D eigenvalue weighted by Gasteiger charge is -2.25. The summed E-state index contributed by atoms with van der Waals surface area (Å²) in [6, 6.07) is 13.7. The standard InChI is InChI=1S/C24H24N6O2/c1-16-13-29(15-25-16)21-9-8-18(12-22(21)32-3)20-14-30(28-27-20)24(2)11-10-17-6-4-5-7-19(17)26-23(24)31/h4-9,12-15H,10-11H2,1-3H3,(H,26,31). The largest absolute Gasteiger partial charge is 0.495 e. The van der Waals surface area contributed by atoms with Crippen LogP contribution in [-0.2, 0) is 16.8 Å². The molecule has 162 valence electrons. The van der Waals surface area contributed by atoms with Crippen LogP contribution in [0.5, 0.6) is 5.75 Å². The number of amides is 1. The summed E-state index contributed by atoms with van der Waals surface area (Å²) in [5.41, 5.74) is 4.48. The van der Waals surface area contributed by atoms with Gasteiger partial charge in [-0.15, -0.1) is 5.10 Å². The summed E-state index contributed by atoms with van der Waals surface area (Å²) < 4.78 is 9.21. The monoisotopic (exact) mass is 428 g/mol. The molecule has 0 aliphatic carbocycles. The zero-order valence-corrected chi connectivity index (χ0v) is 18.2. The first-order valence-electron chi connectivity index (χ1n) is 10.5. The quantitative estimate of drug-likeness (QED) is 0.535. The van der Waals surface area contributed by atoms with Gasteiger partial charge in [-0.3, -0.25) is 4.79 Å². The summed E-state index contributed by atoms with van der Waals surface area (Å²) in [4.78, 5) is 17.4. The Balaban J connectivity index is 1.46. The molecule has 1 aliphatic rings. The molecule has 1 aliphatic heterocycles. The van der Waals surface area contributed by atoms with Crippen molar-refractivity contribution in [3.05, 3.63) is 72.4 Å². The molecule has 0 saturated heterocycles. The van der Waals surface area contributed by atoms with Crippen LogP contribution in [0.1, 0.15) is 24.6 Å². The van der Waals surface area contributed by atoms with E-state index in [0.29, 0.717) is 17.9 Å². The van der Waals surface area contributed by atoms with Crippen molar-refractivity contribution in [1.29, 1.82) is 0 Å². The number of nitrogens with zero attached hydrogens (tertiary/aromatic N) is 5. The molecule has 5 rings (SSSR count). The SMILES string of the molecule is COc1cc(-c2cn(C3(C)CCc4ccccc4NC3=O)nn2)ccc1-n1cnc(C)c1. The number of methoxy groups -OCH3 is 1. The highest BCUT2D eigenvalue weighted by atomic mass is 16.5. The van der Waals surface area contributed by atoms with Gasteiger partial charge in [0.05, 0.1) is 31.0 Å². The maximum atomic E-state index is 13.1. The number of fused-ring (bicyclic) bond motifs is 1. The number of carbonyl (C=O) groups is 1. The van der Waals surface area contributed by atoms with Gasteiger partial charge in [-0.2, -0.15) is 0 Å². The van der Waals surface area contributed by atoms with Gasteiger partial charge in [0.25, 0.3) is 5.91 Å². The molecular formula is C24H24N6O2. The van der Waals surface area contributed by atoms with Gasteiger partial charge in [-0.1, -0.05) is 29.5 Å². The second-order valence-corrected chi connectivity index (χ2v) is 8.24. The third-order valence-corrected chi connectivity index (χ3v) is 6.10. The van der Waals surface area contributed by atoms with Crippen LogP contribution in [0.15, 0.2) is 61.2 Å². The number of nitrogens with one attached hydrogen (secondary N) is 1. The van der Waals surface area contributed by atoms with E-state index in [9.17, 15) is 4.79 Å². The Hall–Kier alpha value is -3.94. The average Bonchev–Trinajstić information content (AvgIpc) is 3.45. The van der Waals surface area contributed by atoms with Crippen molar-refractivity contribution in [2.45, 2.75) is 32.2 Å². The molecule has 32 heavy (non-hydrogen) atoms. The van der Waals surface area contributed by atoms with E-state index in [1.165, 1.54) is 0 Å². The van der Waals surface area contributed by atoms with Gasteiger partial charge in [-0.25, -0.2) is 9.67 Å². The fourth-order valence-electron chi connectivity index (χ4n) is 4.07. The minimum absolute atomic E-state index is 0.0951. The van der Waals surface area contributed by atoms with Crippen LogP contribution in [0.2, 0.25) is 0 Å². The molecule has 0 radical (unpaired) electrons. The third-order valence-electron chi connectivity index (χ3n) is 6.10. The number of aromatic nitrogens is 5. The van der Waals surface area contributed by atoms with Crippen LogP contribution in [-0.4, -0.2) is 37.6 Å². The van der Waals surface area contributed by atoms with E-state index in [0.717, 1.165) is 34.6 Å². The van der Waals surface area contributed by atoms with Crippen LogP contribution < -0.4 is 10.1 Å². The summed E-state index contributed by atoms with van der Waals surface area (Å²) in [5, 5.41) is 11.7. The van der Waals surface area contributed by atoms with Crippen LogP contribution in [0, 0.1) is 6.92 Å². The molecule has 4 aromatic rings. The predicted octanol–water partition coefficient (Wildman–Crippen LogP) is 3.75. The summed E-state index contributed by atoms with van der Waals surface area (Å²) in [6.07, 6.45) is 6.92. The number of hydrogen-bond donors (Lipinski definition) is 1. The van der Waals surface area contributed by atoms with Gasteiger partial charge < -0.3 is 14.6 Å². The minimum Gasteiger partial charge on any atom is -0.495 e. The fourth-order valence-corrected chi connectivity index (χ4v) is 4.07. The number of ether oxygens (including phenoxy) is 1. The van der Waals surface area contributed by atoms with E-state index < -0.39 is 5.54 Å². The minimum atomic E-state index is -0.845. The Labute approximate surface area is 185 Å². The first kappa shape index (κ1) is 20.0. The van der Waals surface area contributed by atoms with E-state index in [-0.39, 0.29) is 5.91 Å². The normalized spacial score (nSPS) is 18.0. The molecule has 1 amide bonds. The molecule has 0 bridgehead atoms. The van der Waals surface area contributed by atoms with Crippen molar-refractivity contribution in [2.75, 3.05) is 12.4 Å². The second-order valence-electron chi connectivity index (χ2n) is 8.24. The van der Waals surface area contributed by atoms with Gasteiger partial charge in [0.15, 0.2) is 0 Å². The molecule has 8 heteroatoms. The van der Waals surface area contributed by atoms with Crippen LogP contribution in [0.25, 0.3) is 16.9 Å². The number of carbonyl (C=O) groups excluding carboxylic acids is 1. The molecule has 3 heterocycles. The first-order valence-corrected chi connectivity index (χ1v) is 10.5. The van der Waals surface area contributed by atoms with Gasteiger partial charge in [-0.05, 0) is 50.5 Å². The smallest absolute Gasteiger partial charge is 0.252 e. The van der Waals surface area contributed by atoms with Crippen LogP contribution in [0.3, 0.4) is 0 Å². The molecular weight excluding hydrogens is 404 g/mol. The van der Waals surface area contributed by atoms with E-state index in [1.54, 1.807) is 18.1 Å². The molecule has 0 spiro atoms. The van der Waals surface area contributed by atoms with Gasteiger partial charge in [0.2, 0.25) is 0 Å². The van der Waals surface area contributed by atoms with Crippen molar-refractivity contribution < 1.29 is 9.53 Å². The Bertz CT molecular complexity index is 1310. The lowest BCUT2D eigenvalue weighted by molar-refractivity contribution is -0.124. The molecule has 8 nitrogen and oxygen atoms in total. The van der Waals surface area contributed by atoms with E-state index >= 15 is 0 Å². The van der Waals surface area contributed by atoms with Crippen molar-refractivity contribution in [3.8, 4) is 22.7 Å². The highest BCUT2D eigenvalue weighted by molar-refractivity contribution is 5.97. The van der Waals surface area contributed by atoms with Crippen molar-refractivity contribution >= 4 is 11.6 Å². The topological polar surface area (TPSA) is 86.9 Å². The highest BCUT2D eigenvalue weighted by Crippen LogP contribution is 2.33. The number of anilines is 1. The van der Waals surface area contributed by atoms with Gasteiger partial charge in [0, 0.05) is 17.4 Å². The van der Waals surface area contributed by atoms with Crippen molar-refractivity contribution in [1.82, 2.24) is 24.5 Å². The Morgan fingerprint density at radius 3 is 2.78 bits per heavy atom. The Kier molecular flexibility index (Phi) is 4.77. The molecule has 1 atom stereocenters. The first-order chi connectivity index (χ1) is 15.5. The van der Waals surface area contributed by atoms with E-state index in [1.807, 2.05) is 73.3 Å². The number of hydrogen-bond acceptors (Lipinski definition) is 5. The maximum Gasteiger partial charge on any atom is 0.252 e. The fraction of sp³-hybridized carbons (Fsp3) is 0.250. The van der Waals surface area contributed by atoms with E-state index in [2.05, 4.69) is 20.6 Å². The van der Waals surface area contributed by atoms with Crippen LogP contribution in [0.4, 0.5) is 5.69 Å². The predicted molar refractivity (Wildman–Crippen MR) is 121 cm³/mol. The van der Waals surface area contributed by atoms with Crippen LogP contribution >= 0.6 is 0 Å². The number of rotatable bonds is 4. The average molecular weight is 428 g/mol.